The van der Waals surface area contributed by atoms with Crippen molar-refractivity contribution in [2.75, 3.05) is 0 Å². The van der Waals surface area contributed by atoms with Crippen molar-refractivity contribution < 1.29 is 4.79 Å². The van der Waals surface area contributed by atoms with Gasteiger partial charge in [-0.1, -0.05) is 72.1 Å². The van der Waals surface area contributed by atoms with Crippen LogP contribution in [0.5, 0.6) is 0 Å². The van der Waals surface area contributed by atoms with Gasteiger partial charge in [0.25, 0.3) is 5.91 Å². The summed E-state index contributed by atoms with van der Waals surface area (Å²) >= 11 is 1.18. The summed E-state index contributed by atoms with van der Waals surface area (Å²) in [5.41, 5.74) is 2.99. The number of rotatable bonds is 6. The molecule has 3 aromatic rings. The summed E-state index contributed by atoms with van der Waals surface area (Å²) in [5.74, 6) is -0.00504. The lowest BCUT2D eigenvalue weighted by molar-refractivity contribution is 0.0733. The van der Waals surface area contributed by atoms with Gasteiger partial charge in [0.05, 0.1) is 5.69 Å². The second-order valence-corrected chi connectivity index (χ2v) is 6.29. The number of carbonyl (C=O) groups is 1. The summed E-state index contributed by atoms with van der Waals surface area (Å²) in [6, 6.07) is 20.1. The fourth-order valence-electron chi connectivity index (χ4n) is 2.55. The van der Waals surface area contributed by atoms with E-state index in [4.69, 9.17) is 0 Å². The van der Waals surface area contributed by atoms with Crippen LogP contribution in [0.25, 0.3) is 0 Å². The van der Waals surface area contributed by atoms with Crippen LogP contribution in [0, 0.1) is 0 Å². The highest BCUT2D eigenvalue weighted by atomic mass is 32.1. The number of nitrogens with zero attached hydrogens (tertiary/aromatic N) is 3. The Morgan fingerprint density at radius 3 is 2.00 bits per heavy atom. The van der Waals surface area contributed by atoms with Gasteiger partial charge in [-0.2, -0.15) is 0 Å². The van der Waals surface area contributed by atoms with Crippen LogP contribution >= 0.6 is 11.5 Å². The summed E-state index contributed by atoms with van der Waals surface area (Å²) in [6.07, 6.45) is 0.710. The molecule has 2 aromatic carbocycles. The zero-order chi connectivity index (χ0) is 16.8. The molecule has 24 heavy (non-hydrogen) atoms. The number of hydrogen-bond donors (Lipinski definition) is 0. The van der Waals surface area contributed by atoms with Gasteiger partial charge in [0, 0.05) is 13.1 Å². The van der Waals surface area contributed by atoms with Gasteiger partial charge < -0.3 is 4.90 Å². The van der Waals surface area contributed by atoms with E-state index in [-0.39, 0.29) is 5.91 Å². The molecule has 0 saturated heterocycles. The average molecular weight is 337 g/mol. The Balaban J connectivity index is 1.87. The monoisotopic (exact) mass is 337 g/mol. The first-order valence-corrected chi connectivity index (χ1v) is 8.73. The van der Waals surface area contributed by atoms with Crippen LogP contribution in [0.15, 0.2) is 60.7 Å². The highest BCUT2D eigenvalue weighted by molar-refractivity contribution is 7.07. The van der Waals surface area contributed by atoms with Gasteiger partial charge >= 0.3 is 0 Å². The van der Waals surface area contributed by atoms with Crippen LogP contribution in [-0.4, -0.2) is 20.4 Å². The largest absolute Gasteiger partial charge is 0.329 e. The Labute approximate surface area is 145 Å². The molecule has 1 aromatic heterocycles. The minimum absolute atomic E-state index is 0.00504. The minimum Gasteiger partial charge on any atom is -0.329 e. The Morgan fingerprint density at radius 1 is 0.958 bits per heavy atom. The standard InChI is InChI=1S/C19H19N3OS/c1-2-17-18(24-21-20-17)19(23)22(13-15-9-5-3-6-10-15)14-16-11-7-4-8-12-16/h3-12H,2,13-14H2,1H3. The van der Waals surface area contributed by atoms with E-state index in [1.807, 2.05) is 72.5 Å². The molecule has 0 aliphatic rings. The summed E-state index contributed by atoms with van der Waals surface area (Å²) in [4.78, 5) is 15.6. The Kier molecular flexibility index (Phi) is 5.33. The molecule has 0 aliphatic carbocycles. The summed E-state index contributed by atoms with van der Waals surface area (Å²) in [7, 11) is 0. The molecule has 0 N–H and O–H groups in total. The van der Waals surface area contributed by atoms with E-state index in [1.165, 1.54) is 11.5 Å². The fourth-order valence-corrected chi connectivity index (χ4v) is 3.27. The molecule has 0 unspecified atom stereocenters. The van der Waals surface area contributed by atoms with Crippen molar-refractivity contribution in [1.29, 1.82) is 0 Å². The van der Waals surface area contributed by atoms with Crippen molar-refractivity contribution >= 4 is 17.4 Å². The number of aromatic nitrogens is 2. The van der Waals surface area contributed by atoms with E-state index in [2.05, 4.69) is 9.59 Å². The quantitative estimate of drug-likeness (QED) is 0.684. The zero-order valence-electron chi connectivity index (χ0n) is 13.6. The molecular formula is C19H19N3OS. The van der Waals surface area contributed by atoms with Gasteiger partial charge in [-0.15, -0.1) is 5.10 Å². The molecule has 0 saturated carbocycles. The van der Waals surface area contributed by atoms with Crippen LogP contribution in [-0.2, 0) is 19.5 Å². The second-order valence-electron chi connectivity index (χ2n) is 5.53. The predicted molar refractivity (Wildman–Crippen MR) is 95.7 cm³/mol. The lowest BCUT2D eigenvalue weighted by atomic mass is 10.1. The molecule has 122 valence electrons. The van der Waals surface area contributed by atoms with E-state index < -0.39 is 0 Å². The van der Waals surface area contributed by atoms with E-state index in [0.717, 1.165) is 16.8 Å². The Hall–Kier alpha value is -2.53. The van der Waals surface area contributed by atoms with Gasteiger partial charge in [-0.25, -0.2) is 0 Å². The highest BCUT2D eigenvalue weighted by Gasteiger charge is 2.22. The van der Waals surface area contributed by atoms with E-state index in [0.29, 0.717) is 24.4 Å². The van der Waals surface area contributed by atoms with Gasteiger partial charge in [-0.3, -0.25) is 4.79 Å². The molecule has 0 spiro atoms. The molecule has 5 heteroatoms. The van der Waals surface area contributed by atoms with Gasteiger partial charge in [0.15, 0.2) is 0 Å². The maximum atomic E-state index is 13.1. The van der Waals surface area contributed by atoms with Crippen molar-refractivity contribution in [3.8, 4) is 0 Å². The molecule has 1 heterocycles. The van der Waals surface area contributed by atoms with Crippen molar-refractivity contribution in [2.24, 2.45) is 0 Å². The van der Waals surface area contributed by atoms with Crippen LogP contribution in [0.1, 0.15) is 33.4 Å². The number of amides is 1. The third-order valence-corrected chi connectivity index (χ3v) is 4.56. The van der Waals surface area contributed by atoms with Crippen molar-refractivity contribution in [2.45, 2.75) is 26.4 Å². The normalized spacial score (nSPS) is 10.5. The lowest BCUT2D eigenvalue weighted by Crippen LogP contribution is -2.30. The highest BCUT2D eigenvalue weighted by Crippen LogP contribution is 2.18. The number of aryl methyl sites for hydroxylation is 1. The molecular weight excluding hydrogens is 318 g/mol. The third-order valence-electron chi connectivity index (χ3n) is 3.80. The summed E-state index contributed by atoms with van der Waals surface area (Å²) in [5, 5.41) is 4.07. The Morgan fingerprint density at radius 2 is 1.50 bits per heavy atom. The van der Waals surface area contributed by atoms with Crippen LogP contribution in [0.3, 0.4) is 0 Å². The molecule has 0 bridgehead atoms. The predicted octanol–water partition coefficient (Wildman–Crippen LogP) is 3.94. The SMILES string of the molecule is CCc1nnsc1C(=O)N(Cc1ccccc1)Cc1ccccc1. The first-order chi connectivity index (χ1) is 11.8. The molecule has 0 aliphatic heterocycles. The number of hydrogen-bond acceptors (Lipinski definition) is 4. The first kappa shape index (κ1) is 16.3. The smallest absolute Gasteiger partial charge is 0.268 e. The second kappa shape index (κ2) is 7.84. The van der Waals surface area contributed by atoms with Crippen LogP contribution < -0.4 is 0 Å². The third kappa shape index (κ3) is 3.86. The molecule has 0 radical (unpaired) electrons. The summed E-state index contributed by atoms with van der Waals surface area (Å²) < 4.78 is 3.95. The number of benzene rings is 2. The fraction of sp³-hybridized carbons (Fsp3) is 0.211. The molecule has 1 amide bonds. The van der Waals surface area contributed by atoms with Gasteiger partial charge in [-0.05, 0) is 29.1 Å². The van der Waals surface area contributed by atoms with E-state index in [9.17, 15) is 4.79 Å². The van der Waals surface area contributed by atoms with Crippen LogP contribution in [0.4, 0.5) is 0 Å². The van der Waals surface area contributed by atoms with Gasteiger partial charge in [0.1, 0.15) is 4.88 Å². The van der Waals surface area contributed by atoms with E-state index >= 15 is 0 Å². The number of carbonyl (C=O) groups excluding carboxylic acids is 1. The first-order valence-electron chi connectivity index (χ1n) is 7.96. The minimum atomic E-state index is -0.00504. The van der Waals surface area contributed by atoms with Crippen LogP contribution in [0.2, 0.25) is 0 Å². The Bertz CT molecular complexity index is 745. The zero-order valence-corrected chi connectivity index (χ0v) is 14.4. The van der Waals surface area contributed by atoms with Crippen molar-refractivity contribution in [1.82, 2.24) is 14.5 Å². The lowest BCUT2D eigenvalue weighted by Gasteiger charge is -2.22. The van der Waals surface area contributed by atoms with Crippen molar-refractivity contribution in [3.05, 3.63) is 82.4 Å². The summed E-state index contributed by atoms with van der Waals surface area (Å²) in [6.45, 7) is 3.12. The molecule has 3 rings (SSSR count). The maximum absolute atomic E-state index is 13.1. The van der Waals surface area contributed by atoms with Gasteiger partial charge in [0.2, 0.25) is 0 Å². The van der Waals surface area contributed by atoms with Crippen molar-refractivity contribution in [3.63, 3.8) is 0 Å². The molecule has 4 nitrogen and oxygen atoms in total. The molecule has 0 atom stereocenters. The average Bonchev–Trinajstić information content (AvgIpc) is 3.11. The van der Waals surface area contributed by atoms with E-state index in [1.54, 1.807) is 0 Å². The maximum Gasteiger partial charge on any atom is 0.268 e. The topological polar surface area (TPSA) is 46.1 Å². The molecule has 0 fully saturated rings.